The van der Waals surface area contributed by atoms with Crippen molar-refractivity contribution in [3.8, 4) is 17.2 Å². The maximum absolute atomic E-state index is 13.2. The molecule has 2 fully saturated rings. The van der Waals surface area contributed by atoms with Crippen LogP contribution in [0.15, 0.2) is 12.1 Å². The number of ketones is 2. The minimum absolute atomic E-state index is 0.00462. The predicted molar refractivity (Wildman–Crippen MR) is 99.0 cm³/mol. The van der Waals surface area contributed by atoms with E-state index in [0.29, 0.717) is 42.4 Å². The van der Waals surface area contributed by atoms with Gasteiger partial charge in [-0.1, -0.05) is 6.42 Å². The van der Waals surface area contributed by atoms with Gasteiger partial charge < -0.3 is 18.9 Å². The Bertz CT molecular complexity index is 698. The summed E-state index contributed by atoms with van der Waals surface area (Å²) in [5.41, 5.74) is 0.358. The molecule has 2 aliphatic rings. The monoisotopic (exact) mass is 377 g/mol. The lowest BCUT2D eigenvalue weighted by Crippen LogP contribution is -2.51. The number of carbonyl (C=O) groups excluding carboxylic acids is 2. The van der Waals surface area contributed by atoms with Crippen LogP contribution < -0.4 is 14.2 Å². The SMILES string of the molecule is COc1ccc(C(=O)C2CCCC(N3CCOCC3)C2=O)c(OC)c1OC. The Balaban J connectivity index is 1.87. The smallest absolute Gasteiger partial charge is 0.204 e. The fourth-order valence-electron chi connectivity index (χ4n) is 4.03. The van der Waals surface area contributed by atoms with Crippen LogP contribution >= 0.6 is 0 Å². The van der Waals surface area contributed by atoms with Gasteiger partial charge in [-0.05, 0) is 25.0 Å². The Morgan fingerprint density at radius 3 is 2.37 bits per heavy atom. The van der Waals surface area contributed by atoms with Crippen molar-refractivity contribution in [1.29, 1.82) is 0 Å². The molecule has 1 aliphatic carbocycles. The van der Waals surface area contributed by atoms with Crippen LogP contribution in [0.4, 0.5) is 0 Å². The summed E-state index contributed by atoms with van der Waals surface area (Å²) in [5, 5.41) is 0. The lowest BCUT2D eigenvalue weighted by molar-refractivity contribution is -0.131. The van der Waals surface area contributed by atoms with E-state index in [2.05, 4.69) is 4.90 Å². The third-order valence-corrected chi connectivity index (χ3v) is 5.41. The van der Waals surface area contributed by atoms with Crippen molar-refractivity contribution in [3.63, 3.8) is 0 Å². The van der Waals surface area contributed by atoms with Gasteiger partial charge in [0.1, 0.15) is 0 Å². The van der Waals surface area contributed by atoms with Crippen LogP contribution in [0.2, 0.25) is 0 Å². The Labute approximate surface area is 159 Å². The summed E-state index contributed by atoms with van der Waals surface area (Å²) in [6.45, 7) is 2.73. The molecule has 1 saturated heterocycles. The van der Waals surface area contributed by atoms with Gasteiger partial charge in [0.2, 0.25) is 5.75 Å². The zero-order chi connectivity index (χ0) is 19.4. The van der Waals surface area contributed by atoms with Crippen LogP contribution in [0, 0.1) is 5.92 Å². The number of methoxy groups -OCH3 is 3. The van der Waals surface area contributed by atoms with E-state index in [1.54, 1.807) is 12.1 Å². The first-order chi connectivity index (χ1) is 13.1. The molecule has 0 bridgehead atoms. The minimum atomic E-state index is -0.654. The van der Waals surface area contributed by atoms with Gasteiger partial charge in [-0.3, -0.25) is 14.5 Å². The van der Waals surface area contributed by atoms with E-state index in [4.69, 9.17) is 18.9 Å². The molecule has 0 amide bonds. The Morgan fingerprint density at radius 1 is 1.04 bits per heavy atom. The van der Waals surface area contributed by atoms with Crippen LogP contribution in [-0.2, 0) is 9.53 Å². The Kier molecular flexibility index (Phi) is 6.34. The second kappa shape index (κ2) is 8.71. The minimum Gasteiger partial charge on any atom is -0.493 e. The van der Waals surface area contributed by atoms with E-state index in [9.17, 15) is 9.59 Å². The van der Waals surface area contributed by atoms with Crippen molar-refractivity contribution in [2.24, 2.45) is 5.92 Å². The number of benzene rings is 1. The Morgan fingerprint density at radius 2 is 1.74 bits per heavy atom. The normalized spacial score (nSPS) is 23.7. The first-order valence-electron chi connectivity index (χ1n) is 9.31. The molecule has 1 aromatic rings. The molecule has 2 unspecified atom stereocenters. The molecular weight excluding hydrogens is 350 g/mol. The summed E-state index contributed by atoms with van der Waals surface area (Å²) in [6, 6.07) is 3.11. The van der Waals surface area contributed by atoms with E-state index in [1.807, 2.05) is 0 Å². The standard InChI is InChI=1S/C20H27NO6/c1-24-16-8-7-14(19(25-2)20(16)26-3)17(22)13-5-4-6-15(18(13)23)21-9-11-27-12-10-21/h7-8,13,15H,4-6,9-12H2,1-3H3. The second-order valence-electron chi connectivity index (χ2n) is 6.80. The highest BCUT2D eigenvalue weighted by Crippen LogP contribution is 2.41. The highest BCUT2D eigenvalue weighted by atomic mass is 16.5. The maximum Gasteiger partial charge on any atom is 0.204 e. The average molecular weight is 377 g/mol. The van der Waals surface area contributed by atoms with Crippen molar-refractivity contribution in [3.05, 3.63) is 17.7 Å². The van der Waals surface area contributed by atoms with Crippen molar-refractivity contribution in [2.45, 2.75) is 25.3 Å². The summed E-state index contributed by atoms with van der Waals surface area (Å²) >= 11 is 0. The summed E-state index contributed by atoms with van der Waals surface area (Å²) < 4.78 is 21.5. The first kappa shape index (κ1) is 19.6. The third kappa shape index (κ3) is 3.80. The summed E-state index contributed by atoms with van der Waals surface area (Å²) in [4.78, 5) is 28.5. The number of hydrogen-bond donors (Lipinski definition) is 0. The molecule has 0 radical (unpaired) electrons. The molecule has 1 heterocycles. The summed E-state index contributed by atoms with van der Waals surface area (Å²) in [6.07, 6.45) is 2.21. The lowest BCUT2D eigenvalue weighted by atomic mass is 9.79. The maximum atomic E-state index is 13.2. The number of morpholine rings is 1. The zero-order valence-electron chi connectivity index (χ0n) is 16.2. The van der Waals surface area contributed by atoms with Crippen LogP contribution in [0.1, 0.15) is 29.6 Å². The number of rotatable bonds is 6. The van der Waals surface area contributed by atoms with Gasteiger partial charge in [0.15, 0.2) is 23.1 Å². The molecule has 0 spiro atoms. The van der Waals surface area contributed by atoms with Crippen LogP contribution in [-0.4, -0.2) is 70.1 Å². The van der Waals surface area contributed by atoms with E-state index in [1.165, 1.54) is 21.3 Å². The topological polar surface area (TPSA) is 74.3 Å². The van der Waals surface area contributed by atoms with E-state index in [-0.39, 0.29) is 17.6 Å². The molecule has 1 saturated carbocycles. The van der Waals surface area contributed by atoms with Crippen molar-refractivity contribution >= 4 is 11.6 Å². The molecule has 1 aliphatic heterocycles. The molecule has 7 heteroatoms. The van der Waals surface area contributed by atoms with E-state index >= 15 is 0 Å². The number of nitrogens with zero attached hydrogens (tertiary/aromatic N) is 1. The summed E-state index contributed by atoms with van der Waals surface area (Å²) in [7, 11) is 4.50. The molecule has 0 N–H and O–H groups in total. The Hall–Kier alpha value is -2.12. The number of carbonyl (C=O) groups is 2. The van der Waals surface area contributed by atoms with Crippen molar-refractivity contribution < 1.29 is 28.5 Å². The average Bonchev–Trinajstić information content (AvgIpc) is 2.72. The van der Waals surface area contributed by atoms with E-state index < -0.39 is 5.92 Å². The van der Waals surface area contributed by atoms with Gasteiger partial charge >= 0.3 is 0 Å². The number of Topliss-reactive ketones (excluding diaryl/α,β-unsaturated/α-hetero) is 2. The summed E-state index contributed by atoms with van der Waals surface area (Å²) in [5.74, 6) is 0.286. The predicted octanol–water partition coefficient (Wildman–Crippen LogP) is 1.97. The van der Waals surface area contributed by atoms with Gasteiger partial charge in [0, 0.05) is 13.1 Å². The van der Waals surface area contributed by atoms with Crippen molar-refractivity contribution in [2.75, 3.05) is 47.6 Å². The fraction of sp³-hybridized carbons (Fsp3) is 0.600. The quantitative estimate of drug-likeness (QED) is 0.554. The van der Waals surface area contributed by atoms with Crippen LogP contribution in [0.25, 0.3) is 0 Å². The van der Waals surface area contributed by atoms with Gasteiger partial charge in [0.25, 0.3) is 0 Å². The lowest BCUT2D eigenvalue weighted by Gasteiger charge is -2.37. The van der Waals surface area contributed by atoms with Gasteiger partial charge in [-0.2, -0.15) is 0 Å². The fourth-order valence-corrected chi connectivity index (χ4v) is 4.03. The van der Waals surface area contributed by atoms with Crippen molar-refractivity contribution in [1.82, 2.24) is 4.90 Å². The van der Waals surface area contributed by atoms with Gasteiger partial charge in [-0.15, -0.1) is 0 Å². The molecule has 3 rings (SSSR count). The third-order valence-electron chi connectivity index (χ3n) is 5.41. The molecule has 27 heavy (non-hydrogen) atoms. The van der Waals surface area contributed by atoms with Gasteiger partial charge in [-0.25, -0.2) is 0 Å². The largest absolute Gasteiger partial charge is 0.493 e. The molecule has 148 valence electrons. The number of ether oxygens (including phenoxy) is 4. The molecule has 7 nitrogen and oxygen atoms in total. The second-order valence-corrected chi connectivity index (χ2v) is 6.80. The number of hydrogen-bond acceptors (Lipinski definition) is 7. The molecule has 1 aromatic carbocycles. The highest BCUT2D eigenvalue weighted by Gasteiger charge is 2.40. The molecule has 0 aromatic heterocycles. The zero-order valence-corrected chi connectivity index (χ0v) is 16.2. The van der Waals surface area contributed by atoms with E-state index in [0.717, 1.165) is 25.9 Å². The highest BCUT2D eigenvalue weighted by molar-refractivity contribution is 6.14. The van der Waals surface area contributed by atoms with Crippen LogP contribution in [0.3, 0.4) is 0 Å². The molecule has 2 atom stereocenters. The van der Waals surface area contributed by atoms with Crippen LogP contribution in [0.5, 0.6) is 17.2 Å². The first-order valence-corrected chi connectivity index (χ1v) is 9.31. The van der Waals surface area contributed by atoms with Gasteiger partial charge in [0.05, 0.1) is 52.1 Å². The molecular formula is C20H27NO6.